The molecule has 1 unspecified atom stereocenters. The number of fused-ring (bicyclic) bond motifs is 2. The molecule has 1 atom stereocenters. The number of imide groups is 1. The molecule has 2 aliphatic heterocycles. The highest BCUT2D eigenvalue weighted by Gasteiger charge is 2.53. The van der Waals surface area contributed by atoms with Gasteiger partial charge < -0.3 is 19.4 Å². The van der Waals surface area contributed by atoms with E-state index in [0.29, 0.717) is 22.4 Å². The van der Waals surface area contributed by atoms with E-state index >= 15 is 0 Å². The van der Waals surface area contributed by atoms with Gasteiger partial charge in [-0.15, -0.1) is 0 Å². The second kappa shape index (κ2) is 7.87. The zero-order valence-corrected chi connectivity index (χ0v) is 18.9. The summed E-state index contributed by atoms with van der Waals surface area (Å²) in [5.74, 6) is -2.05. The Kier molecular flexibility index (Phi) is 4.75. The number of hydrogen-bond donors (Lipinski definition) is 2. The van der Waals surface area contributed by atoms with Crippen molar-refractivity contribution in [1.29, 1.82) is 0 Å². The Hall–Kier alpha value is -4.80. The fourth-order valence-electron chi connectivity index (χ4n) is 4.63. The maximum Gasteiger partial charge on any atom is 0.322 e. The Labute approximate surface area is 203 Å². The van der Waals surface area contributed by atoms with Crippen LogP contribution in [0.3, 0.4) is 0 Å². The van der Waals surface area contributed by atoms with Crippen LogP contribution < -0.4 is 15.4 Å². The number of methoxy groups -OCH3 is 1. The lowest BCUT2D eigenvalue weighted by Gasteiger charge is -2.28. The van der Waals surface area contributed by atoms with E-state index in [-0.39, 0.29) is 30.2 Å². The summed E-state index contributed by atoms with van der Waals surface area (Å²) in [4.78, 5) is 48.5. The average molecular weight is 487 g/mol. The fraction of sp³-hybridized carbons (Fsp3) is 0.160. The van der Waals surface area contributed by atoms with Gasteiger partial charge in [-0.25, -0.2) is 14.2 Å². The summed E-state index contributed by atoms with van der Waals surface area (Å²) < 4.78 is 25.8. The minimum atomic E-state index is -1.73. The number of hydrogen-bond acceptors (Lipinski definition) is 7. The van der Waals surface area contributed by atoms with Crippen LogP contribution in [-0.2, 0) is 16.9 Å². The molecular weight excluding hydrogens is 469 g/mol. The second-order valence-electron chi connectivity index (χ2n) is 8.52. The second-order valence-corrected chi connectivity index (χ2v) is 8.52. The lowest BCUT2D eigenvalue weighted by atomic mass is 9.95. The van der Waals surface area contributed by atoms with Crippen LogP contribution in [0.25, 0.3) is 22.4 Å². The molecule has 180 valence electrons. The largest absolute Gasteiger partial charge is 0.494 e. The number of nitrogens with zero attached hydrogens (tertiary/aromatic N) is 3. The van der Waals surface area contributed by atoms with E-state index in [9.17, 15) is 18.8 Å². The standard InChI is InChI=1S/C25H18FN5O5/c1-35-18-6-4-14-11-31(22(32)20(14)21(18)26)12-25(23(33)29-24(34)30-25)19-9-16-17(36-19)7-5-15(28-16)13-3-2-8-27-10-13/h2-10H,11-12H2,1H3,(H2,29,30,33,34). The SMILES string of the molecule is COc1ccc2c(c1F)C(=O)N(CC1(c3cc4nc(-c5cccnc5)ccc4o3)NC(=O)NC1=O)C2. The molecule has 1 aromatic carbocycles. The van der Waals surface area contributed by atoms with E-state index in [2.05, 4.69) is 20.6 Å². The van der Waals surface area contributed by atoms with Crippen LogP contribution in [0, 0.1) is 5.82 Å². The van der Waals surface area contributed by atoms with Gasteiger partial charge in [0.05, 0.1) is 24.9 Å². The molecule has 36 heavy (non-hydrogen) atoms. The lowest BCUT2D eigenvalue weighted by molar-refractivity contribution is -0.125. The van der Waals surface area contributed by atoms with E-state index in [4.69, 9.17) is 9.15 Å². The van der Waals surface area contributed by atoms with Crippen molar-refractivity contribution in [3.63, 3.8) is 0 Å². The monoisotopic (exact) mass is 487 g/mol. The van der Waals surface area contributed by atoms with Gasteiger partial charge in [-0.1, -0.05) is 6.07 Å². The van der Waals surface area contributed by atoms with E-state index in [1.807, 2.05) is 6.07 Å². The molecule has 0 radical (unpaired) electrons. The predicted octanol–water partition coefficient (Wildman–Crippen LogP) is 2.73. The molecule has 0 aliphatic carbocycles. The number of carbonyl (C=O) groups is 3. The van der Waals surface area contributed by atoms with Crippen molar-refractivity contribution in [1.82, 2.24) is 25.5 Å². The van der Waals surface area contributed by atoms with E-state index in [1.54, 1.807) is 42.7 Å². The predicted molar refractivity (Wildman–Crippen MR) is 123 cm³/mol. The highest BCUT2D eigenvalue weighted by atomic mass is 19.1. The van der Waals surface area contributed by atoms with Crippen LogP contribution in [0.15, 0.2) is 59.3 Å². The van der Waals surface area contributed by atoms with Gasteiger partial charge in [-0.05, 0) is 35.9 Å². The summed E-state index contributed by atoms with van der Waals surface area (Å²) >= 11 is 0. The number of furan rings is 1. The molecule has 6 rings (SSSR count). The molecule has 2 aliphatic rings. The van der Waals surface area contributed by atoms with Gasteiger partial charge in [0, 0.05) is 30.6 Å². The smallest absolute Gasteiger partial charge is 0.322 e. The van der Waals surface area contributed by atoms with Crippen LogP contribution in [0.5, 0.6) is 5.75 Å². The number of carbonyl (C=O) groups excluding carboxylic acids is 3. The first-order valence-corrected chi connectivity index (χ1v) is 11.0. The Morgan fingerprint density at radius 2 is 2.06 bits per heavy atom. The van der Waals surface area contributed by atoms with Gasteiger partial charge in [0.1, 0.15) is 11.3 Å². The van der Waals surface area contributed by atoms with Crippen molar-refractivity contribution < 1.29 is 27.9 Å². The van der Waals surface area contributed by atoms with Crippen molar-refractivity contribution in [2.75, 3.05) is 13.7 Å². The van der Waals surface area contributed by atoms with Gasteiger partial charge in [0.2, 0.25) is 0 Å². The first-order chi connectivity index (χ1) is 17.4. The van der Waals surface area contributed by atoms with E-state index in [1.165, 1.54) is 18.1 Å². The number of rotatable bonds is 5. The average Bonchev–Trinajstić information content (AvgIpc) is 3.53. The topological polar surface area (TPSA) is 127 Å². The molecule has 3 aromatic heterocycles. The maximum atomic E-state index is 14.8. The normalized spacial score (nSPS) is 18.9. The summed E-state index contributed by atoms with van der Waals surface area (Å²) in [5.41, 5.74) is 0.870. The number of amides is 4. The number of urea groups is 1. The highest BCUT2D eigenvalue weighted by Crippen LogP contribution is 2.36. The molecule has 4 amide bonds. The van der Waals surface area contributed by atoms with Crippen LogP contribution >= 0.6 is 0 Å². The highest BCUT2D eigenvalue weighted by molar-refractivity contribution is 6.08. The zero-order valence-electron chi connectivity index (χ0n) is 18.9. The number of aromatic nitrogens is 2. The van der Waals surface area contributed by atoms with Crippen molar-refractivity contribution in [3.8, 4) is 17.0 Å². The van der Waals surface area contributed by atoms with Gasteiger partial charge >= 0.3 is 6.03 Å². The molecule has 1 fully saturated rings. The molecular formula is C25H18FN5O5. The number of halogens is 1. The van der Waals surface area contributed by atoms with Crippen LogP contribution in [0.2, 0.25) is 0 Å². The first kappa shape index (κ1) is 21.7. The van der Waals surface area contributed by atoms with Crippen LogP contribution in [-0.4, -0.2) is 46.4 Å². The zero-order chi connectivity index (χ0) is 25.0. The molecule has 5 heterocycles. The Morgan fingerprint density at radius 1 is 1.19 bits per heavy atom. The van der Waals surface area contributed by atoms with Crippen LogP contribution in [0.4, 0.5) is 9.18 Å². The van der Waals surface area contributed by atoms with Crippen molar-refractivity contribution in [2.24, 2.45) is 0 Å². The molecule has 2 N–H and O–H groups in total. The third kappa shape index (κ3) is 3.20. The summed E-state index contributed by atoms with van der Waals surface area (Å²) in [5, 5.41) is 4.83. The van der Waals surface area contributed by atoms with E-state index in [0.717, 1.165) is 5.56 Å². The summed E-state index contributed by atoms with van der Waals surface area (Å²) in [6, 6.07) is 11.0. The quantitative estimate of drug-likeness (QED) is 0.415. The summed E-state index contributed by atoms with van der Waals surface area (Å²) in [7, 11) is 1.31. The van der Waals surface area contributed by atoms with Gasteiger partial charge in [0.15, 0.2) is 22.7 Å². The number of benzene rings is 1. The minimum Gasteiger partial charge on any atom is -0.494 e. The van der Waals surface area contributed by atoms with Crippen molar-refractivity contribution in [2.45, 2.75) is 12.1 Å². The number of nitrogens with one attached hydrogen (secondary N) is 2. The molecule has 0 saturated carbocycles. The Morgan fingerprint density at radius 3 is 2.78 bits per heavy atom. The van der Waals surface area contributed by atoms with Gasteiger partial charge in [-0.2, -0.15) is 0 Å². The molecule has 10 nitrogen and oxygen atoms in total. The van der Waals surface area contributed by atoms with Gasteiger partial charge in [-0.3, -0.25) is 19.9 Å². The van der Waals surface area contributed by atoms with Gasteiger partial charge in [0.25, 0.3) is 11.8 Å². The number of pyridine rings is 2. The summed E-state index contributed by atoms with van der Waals surface area (Å²) in [6.45, 7) is -0.237. The third-order valence-electron chi connectivity index (χ3n) is 6.40. The lowest BCUT2D eigenvalue weighted by Crippen LogP contribution is -2.52. The Balaban J connectivity index is 1.39. The third-order valence-corrected chi connectivity index (χ3v) is 6.40. The van der Waals surface area contributed by atoms with Crippen LogP contribution in [0.1, 0.15) is 21.7 Å². The maximum absolute atomic E-state index is 14.8. The minimum absolute atomic E-state index is 0.0453. The van der Waals surface area contributed by atoms with E-state index < -0.39 is 29.2 Å². The summed E-state index contributed by atoms with van der Waals surface area (Å²) in [6.07, 6.45) is 3.33. The van der Waals surface area contributed by atoms with Crippen molar-refractivity contribution >= 4 is 28.9 Å². The Bertz CT molecular complexity index is 1570. The molecule has 1 saturated heterocycles. The molecule has 0 spiro atoms. The first-order valence-electron chi connectivity index (χ1n) is 11.0. The van der Waals surface area contributed by atoms with Crippen molar-refractivity contribution in [3.05, 3.63) is 77.6 Å². The number of ether oxygens (including phenoxy) is 1. The molecule has 4 aromatic rings. The fourth-order valence-corrected chi connectivity index (χ4v) is 4.63. The molecule has 11 heteroatoms. The molecule has 0 bridgehead atoms.